The van der Waals surface area contributed by atoms with Gasteiger partial charge in [0.2, 0.25) is 0 Å². The first kappa shape index (κ1) is 10.0. The fraction of sp³-hybridized carbons (Fsp3) is 0.500. The van der Waals surface area contributed by atoms with Crippen LogP contribution in [-0.4, -0.2) is 18.9 Å². The molecular weight excluding hydrogens is 157 g/mol. The van der Waals surface area contributed by atoms with Crippen LogP contribution < -0.4 is 5.32 Å². The molecule has 2 N–H and O–H groups in total. The van der Waals surface area contributed by atoms with Crippen LogP contribution in [0.15, 0.2) is 11.8 Å². The second-order valence-electron chi connectivity index (χ2n) is 1.99. The van der Waals surface area contributed by atoms with E-state index in [-0.39, 0.29) is 5.71 Å². The molecular formula is C6H9F3N2. The van der Waals surface area contributed by atoms with E-state index in [1.807, 2.05) is 5.32 Å². The average molecular weight is 166 g/mol. The zero-order valence-electron chi connectivity index (χ0n) is 6.21. The molecule has 0 saturated heterocycles. The van der Waals surface area contributed by atoms with Crippen LogP contribution >= 0.6 is 0 Å². The fourth-order valence-corrected chi connectivity index (χ4v) is 0.512. The monoisotopic (exact) mass is 166 g/mol. The lowest BCUT2D eigenvalue weighted by molar-refractivity contribution is -0.0958. The maximum Gasteiger partial charge on any atom is 0.430 e. The molecule has 11 heavy (non-hydrogen) atoms. The second kappa shape index (κ2) is 3.41. The van der Waals surface area contributed by atoms with Gasteiger partial charge in [0.25, 0.3) is 0 Å². The maximum absolute atomic E-state index is 11.9. The van der Waals surface area contributed by atoms with Crippen LogP contribution in [0.2, 0.25) is 0 Å². The normalized spacial score (nSPS) is 13.0. The van der Waals surface area contributed by atoms with Crippen molar-refractivity contribution in [3.63, 3.8) is 0 Å². The number of halogens is 3. The Kier molecular flexibility index (Phi) is 3.10. The van der Waals surface area contributed by atoms with Crippen molar-refractivity contribution in [1.82, 2.24) is 5.32 Å². The molecule has 0 radical (unpaired) electrons. The molecule has 0 bridgehead atoms. The summed E-state index contributed by atoms with van der Waals surface area (Å²) in [5.74, 6) is 0. The van der Waals surface area contributed by atoms with Gasteiger partial charge >= 0.3 is 6.18 Å². The number of alkyl halides is 3. The summed E-state index contributed by atoms with van der Waals surface area (Å²) in [6.45, 7) is 1.28. The molecule has 0 fully saturated rings. The first-order chi connectivity index (χ1) is 4.88. The van der Waals surface area contributed by atoms with E-state index in [1.165, 1.54) is 14.0 Å². The molecule has 0 saturated carbocycles. The second-order valence-corrected chi connectivity index (χ2v) is 1.99. The largest absolute Gasteiger partial charge is 0.430 e. The van der Waals surface area contributed by atoms with E-state index in [2.05, 4.69) is 0 Å². The Hall–Kier alpha value is -1.00. The van der Waals surface area contributed by atoms with E-state index >= 15 is 0 Å². The molecule has 0 aromatic heterocycles. The van der Waals surface area contributed by atoms with Gasteiger partial charge in [0, 0.05) is 12.8 Å². The van der Waals surface area contributed by atoms with Crippen molar-refractivity contribution in [2.75, 3.05) is 7.05 Å². The van der Waals surface area contributed by atoms with Crippen molar-refractivity contribution in [2.45, 2.75) is 13.1 Å². The summed E-state index contributed by atoms with van der Waals surface area (Å²) >= 11 is 0. The molecule has 0 aromatic carbocycles. The van der Waals surface area contributed by atoms with Crippen LogP contribution in [-0.2, 0) is 0 Å². The number of nitrogens with one attached hydrogen (secondary N) is 2. The highest BCUT2D eigenvalue weighted by atomic mass is 19.4. The van der Waals surface area contributed by atoms with Crippen molar-refractivity contribution in [3.8, 4) is 0 Å². The average Bonchev–Trinajstić information content (AvgIpc) is 1.79. The van der Waals surface area contributed by atoms with Crippen LogP contribution in [0.4, 0.5) is 13.2 Å². The minimum atomic E-state index is -4.39. The number of hydrogen-bond donors (Lipinski definition) is 2. The summed E-state index contributed by atoms with van der Waals surface area (Å²) in [6.07, 6.45) is -3.66. The van der Waals surface area contributed by atoms with Crippen molar-refractivity contribution in [1.29, 1.82) is 5.41 Å². The molecule has 0 heterocycles. The van der Waals surface area contributed by atoms with Crippen molar-refractivity contribution in [2.24, 2.45) is 0 Å². The highest BCUT2D eigenvalue weighted by Gasteiger charge is 2.32. The lowest BCUT2D eigenvalue weighted by Gasteiger charge is -2.09. The highest BCUT2D eigenvalue weighted by molar-refractivity contribution is 5.90. The van der Waals surface area contributed by atoms with E-state index < -0.39 is 11.9 Å². The van der Waals surface area contributed by atoms with Gasteiger partial charge < -0.3 is 10.7 Å². The van der Waals surface area contributed by atoms with Crippen LogP contribution in [0.5, 0.6) is 0 Å². The summed E-state index contributed by atoms with van der Waals surface area (Å²) in [6, 6.07) is 0. The summed E-state index contributed by atoms with van der Waals surface area (Å²) in [4.78, 5) is 0. The predicted octanol–water partition coefficient (Wildman–Crippen LogP) is 1.69. The first-order valence-corrected chi connectivity index (χ1v) is 2.89. The molecule has 2 nitrogen and oxygen atoms in total. The third-order valence-electron chi connectivity index (χ3n) is 0.936. The molecule has 0 aliphatic rings. The van der Waals surface area contributed by atoms with Gasteiger partial charge in [-0.25, -0.2) is 0 Å². The van der Waals surface area contributed by atoms with Crippen molar-refractivity contribution in [3.05, 3.63) is 11.8 Å². The lowest BCUT2D eigenvalue weighted by atomic mass is 10.3. The number of hydrogen-bond acceptors (Lipinski definition) is 2. The molecule has 0 atom stereocenters. The van der Waals surface area contributed by atoms with Crippen molar-refractivity contribution >= 4 is 5.71 Å². The van der Waals surface area contributed by atoms with Gasteiger partial charge in [-0.3, -0.25) is 0 Å². The Morgan fingerprint density at radius 2 is 1.91 bits per heavy atom. The van der Waals surface area contributed by atoms with Gasteiger partial charge in [-0.15, -0.1) is 0 Å². The van der Waals surface area contributed by atoms with Gasteiger partial charge in [0.05, 0.1) is 0 Å². The minimum Gasteiger partial charge on any atom is -0.384 e. The van der Waals surface area contributed by atoms with Crippen LogP contribution in [0.3, 0.4) is 0 Å². The topological polar surface area (TPSA) is 35.9 Å². The molecule has 0 aliphatic carbocycles. The smallest absolute Gasteiger partial charge is 0.384 e. The van der Waals surface area contributed by atoms with Gasteiger partial charge in [0.1, 0.15) is 5.70 Å². The predicted molar refractivity (Wildman–Crippen MR) is 36.6 cm³/mol. The van der Waals surface area contributed by atoms with Crippen LogP contribution in [0, 0.1) is 5.41 Å². The van der Waals surface area contributed by atoms with E-state index in [0.29, 0.717) is 0 Å². The molecule has 0 amide bonds. The maximum atomic E-state index is 11.9. The Bertz CT molecular complexity index is 181. The molecule has 0 unspecified atom stereocenters. The van der Waals surface area contributed by atoms with E-state index in [4.69, 9.17) is 5.41 Å². The summed E-state index contributed by atoms with van der Waals surface area (Å²) in [5, 5.41) is 8.76. The summed E-state index contributed by atoms with van der Waals surface area (Å²) in [7, 11) is 1.17. The number of rotatable bonds is 2. The SMILES string of the molecule is CN/C(=C\C(C)=N)C(F)(F)F. The molecule has 0 aliphatic heterocycles. The standard InChI is InChI=1S/C6H9F3N2/c1-4(10)3-5(11-2)6(7,8)9/h3,10-11H,1-2H3/b5-3-,10-4?. The first-order valence-electron chi connectivity index (χ1n) is 2.89. The molecule has 64 valence electrons. The molecule has 0 aromatic rings. The van der Waals surface area contributed by atoms with Gasteiger partial charge in [-0.1, -0.05) is 0 Å². The summed E-state index contributed by atoms with van der Waals surface area (Å²) < 4.78 is 35.6. The van der Waals surface area contributed by atoms with E-state index in [1.54, 1.807) is 0 Å². The quantitative estimate of drug-likeness (QED) is 0.601. The van der Waals surface area contributed by atoms with Crippen LogP contribution in [0.25, 0.3) is 0 Å². The Morgan fingerprint density at radius 1 is 1.45 bits per heavy atom. The summed E-state index contributed by atoms with van der Waals surface area (Å²) in [5.41, 5.74) is -1.03. The molecule has 0 spiro atoms. The third kappa shape index (κ3) is 3.64. The Morgan fingerprint density at radius 3 is 2.00 bits per heavy atom. The Balaban J connectivity index is 4.54. The van der Waals surface area contributed by atoms with E-state index in [0.717, 1.165) is 6.08 Å². The zero-order chi connectivity index (χ0) is 9.07. The molecule has 0 rings (SSSR count). The van der Waals surface area contributed by atoms with Gasteiger partial charge in [0.15, 0.2) is 0 Å². The Labute approximate surface area is 62.6 Å². The third-order valence-corrected chi connectivity index (χ3v) is 0.936. The lowest BCUT2D eigenvalue weighted by Crippen LogP contribution is -2.23. The number of allylic oxidation sites excluding steroid dienone is 2. The minimum absolute atomic E-state index is 0.133. The van der Waals surface area contributed by atoms with Gasteiger partial charge in [-0.05, 0) is 13.0 Å². The van der Waals surface area contributed by atoms with Crippen molar-refractivity contribution < 1.29 is 13.2 Å². The van der Waals surface area contributed by atoms with Gasteiger partial charge in [-0.2, -0.15) is 13.2 Å². The zero-order valence-corrected chi connectivity index (χ0v) is 6.21. The van der Waals surface area contributed by atoms with E-state index in [9.17, 15) is 13.2 Å². The molecule has 5 heteroatoms. The van der Waals surface area contributed by atoms with Crippen LogP contribution in [0.1, 0.15) is 6.92 Å². The fourth-order valence-electron chi connectivity index (χ4n) is 0.512. The highest BCUT2D eigenvalue weighted by Crippen LogP contribution is 2.22.